The van der Waals surface area contributed by atoms with Gasteiger partial charge in [-0.15, -0.1) is 11.3 Å². The van der Waals surface area contributed by atoms with Crippen LogP contribution in [0.5, 0.6) is 5.75 Å². The van der Waals surface area contributed by atoms with Gasteiger partial charge in [0.15, 0.2) is 12.5 Å². The molecule has 1 aromatic carbocycles. The van der Waals surface area contributed by atoms with Gasteiger partial charge in [0.25, 0.3) is 5.91 Å². The molecule has 1 amide bonds. The molecule has 2 aromatic rings. The van der Waals surface area contributed by atoms with Crippen LogP contribution in [-0.4, -0.2) is 78.4 Å². The molecule has 1 aliphatic rings. The van der Waals surface area contributed by atoms with E-state index in [4.69, 9.17) is 18.9 Å². The number of fused-ring (bicyclic) bond motifs is 1. The summed E-state index contributed by atoms with van der Waals surface area (Å²) in [6, 6.07) is 5.66. The predicted octanol–water partition coefficient (Wildman–Crippen LogP) is 5.43. The molecule has 0 bridgehead atoms. The first kappa shape index (κ1) is 29.3. The standard InChI is InChI=1S/C25H39N3O6SSi2/c1-31-25(30)20-14-35-23(27-20)18-12-19-22(21(13-18)34-17-33-9-11-37(5,6)7)26-15-28(24(19)29)16-32-8-10-36(2,3)4/h12-14,26H,8-11,15-17H2,1-7H3. The highest BCUT2D eigenvalue weighted by Crippen LogP contribution is 2.38. The van der Waals surface area contributed by atoms with Crippen molar-refractivity contribution in [3.63, 3.8) is 0 Å². The van der Waals surface area contributed by atoms with Gasteiger partial charge in [0.2, 0.25) is 0 Å². The first-order valence-corrected chi connectivity index (χ1v) is 20.7. The van der Waals surface area contributed by atoms with Gasteiger partial charge in [-0.05, 0) is 24.2 Å². The molecule has 12 heteroatoms. The average molecular weight is 566 g/mol. The fourth-order valence-electron chi connectivity index (χ4n) is 3.42. The second-order valence-corrected chi connectivity index (χ2v) is 23.5. The van der Waals surface area contributed by atoms with E-state index in [0.717, 1.165) is 12.1 Å². The maximum atomic E-state index is 13.4. The van der Waals surface area contributed by atoms with Crippen LogP contribution < -0.4 is 10.1 Å². The van der Waals surface area contributed by atoms with Gasteiger partial charge >= 0.3 is 5.97 Å². The van der Waals surface area contributed by atoms with Gasteiger partial charge in [-0.1, -0.05) is 39.3 Å². The maximum Gasteiger partial charge on any atom is 0.357 e. The van der Waals surface area contributed by atoms with Crippen molar-refractivity contribution in [2.75, 3.05) is 45.8 Å². The summed E-state index contributed by atoms with van der Waals surface area (Å²) in [6.45, 7) is 15.6. The normalized spacial score (nSPS) is 13.8. The van der Waals surface area contributed by atoms with Gasteiger partial charge in [-0.3, -0.25) is 9.69 Å². The zero-order valence-corrected chi connectivity index (χ0v) is 25.8. The lowest BCUT2D eigenvalue weighted by molar-refractivity contribution is 0.0209. The number of ether oxygens (including phenoxy) is 4. The summed E-state index contributed by atoms with van der Waals surface area (Å²) >= 11 is 1.30. The molecule has 1 aromatic heterocycles. The van der Waals surface area contributed by atoms with Crippen molar-refractivity contribution in [1.82, 2.24) is 9.88 Å². The Morgan fingerprint density at radius 3 is 2.41 bits per heavy atom. The van der Waals surface area contributed by atoms with Gasteiger partial charge in [0, 0.05) is 40.3 Å². The van der Waals surface area contributed by atoms with Gasteiger partial charge < -0.3 is 24.3 Å². The first-order chi connectivity index (χ1) is 17.4. The summed E-state index contributed by atoms with van der Waals surface area (Å²) < 4.78 is 22.3. The van der Waals surface area contributed by atoms with E-state index >= 15 is 0 Å². The molecule has 1 N–H and O–H groups in total. The van der Waals surface area contributed by atoms with Crippen LogP contribution in [0, 0.1) is 0 Å². The topological polar surface area (TPSA) is 99.2 Å². The fraction of sp³-hybridized carbons (Fsp3) is 0.560. The Labute approximate surface area is 225 Å². The Balaban J connectivity index is 1.81. The van der Waals surface area contributed by atoms with E-state index in [9.17, 15) is 9.59 Å². The van der Waals surface area contributed by atoms with Crippen molar-refractivity contribution in [3.05, 3.63) is 28.8 Å². The van der Waals surface area contributed by atoms with Crippen LogP contribution in [0.2, 0.25) is 51.4 Å². The van der Waals surface area contributed by atoms with Gasteiger partial charge in [0.05, 0.1) is 25.0 Å². The number of rotatable bonds is 13. The SMILES string of the molecule is COC(=O)c1csc(-c2cc(OCOCC[Si](C)(C)C)c3c(c2)C(=O)N(COCC[Si](C)(C)C)CN3)n1. The highest BCUT2D eigenvalue weighted by atomic mass is 32.1. The van der Waals surface area contributed by atoms with Gasteiger partial charge in [-0.25, -0.2) is 9.78 Å². The molecule has 2 heterocycles. The molecule has 0 spiro atoms. The minimum atomic E-state index is -1.22. The predicted molar refractivity (Wildman–Crippen MR) is 152 cm³/mol. The molecule has 0 saturated heterocycles. The van der Waals surface area contributed by atoms with E-state index in [-0.39, 0.29) is 25.1 Å². The number of nitrogens with zero attached hydrogens (tertiary/aromatic N) is 2. The van der Waals surface area contributed by atoms with E-state index in [1.807, 2.05) is 6.07 Å². The van der Waals surface area contributed by atoms with Crippen molar-refractivity contribution in [2.24, 2.45) is 0 Å². The van der Waals surface area contributed by atoms with Crippen LogP contribution in [0.15, 0.2) is 17.5 Å². The molecule has 1 aliphatic heterocycles. The molecule has 37 heavy (non-hydrogen) atoms. The van der Waals surface area contributed by atoms with E-state index in [1.54, 1.807) is 16.3 Å². The van der Waals surface area contributed by atoms with Crippen LogP contribution in [0.3, 0.4) is 0 Å². The Bertz CT molecular complexity index is 1100. The monoisotopic (exact) mass is 565 g/mol. The number of methoxy groups -OCH3 is 1. The second kappa shape index (κ2) is 12.5. The van der Waals surface area contributed by atoms with E-state index < -0.39 is 22.1 Å². The summed E-state index contributed by atoms with van der Waals surface area (Å²) in [5, 5.41) is 5.54. The van der Waals surface area contributed by atoms with Crippen LogP contribution in [-0.2, 0) is 14.2 Å². The molecule has 9 nitrogen and oxygen atoms in total. The fourth-order valence-corrected chi connectivity index (χ4v) is 5.72. The molecule has 0 aliphatic carbocycles. The molecule has 204 valence electrons. The highest BCUT2D eigenvalue weighted by Gasteiger charge is 2.29. The van der Waals surface area contributed by atoms with Crippen molar-refractivity contribution < 1.29 is 28.5 Å². The van der Waals surface area contributed by atoms with E-state index in [1.165, 1.54) is 18.4 Å². The summed E-state index contributed by atoms with van der Waals surface area (Å²) in [5.74, 6) is -0.159. The van der Waals surface area contributed by atoms with Crippen LogP contribution in [0.1, 0.15) is 20.8 Å². The van der Waals surface area contributed by atoms with Crippen molar-refractivity contribution >= 4 is 45.0 Å². The van der Waals surface area contributed by atoms with Gasteiger partial charge in [-0.2, -0.15) is 0 Å². The van der Waals surface area contributed by atoms with Crippen molar-refractivity contribution in [2.45, 2.75) is 51.4 Å². The molecular formula is C25H39N3O6SSi2. The summed E-state index contributed by atoms with van der Waals surface area (Å²) in [6.07, 6.45) is 0. The Morgan fingerprint density at radius 2 is 1.76 bits per heavy atom. The summed E-state index contributed by atoms with van der Waals surface area (Å²) in [5.41, 5.74) is 1.97. The zero-order chi connectivity index (χ0) is 27.2. The van der Waals surface area contributed by atoms with Crippen LogP contribution in [0.4, 0.5) is 5.69 Å². The largest absolute Gasteiger partial charge is 0.465 e. The smallest absolute Gasteiger partial charge is 0.357 e. The third-order valence-corrected chi connectivity index (χ3v) is 10.0. The minimum absolute atomic E-state index is 0.0744. The number of hydrogen-bond donors (Lipinski definition) is 1. The number of anilines is 1. The number of carbonyl (C=O) groups excluding carboxylic acids is 2. The third-order valence-electron chi connectivity index (χ3n) is 5.75. The molecule has 3 rings (SSSR count). The number of nitrogens with one attached hydrogen (secondary N) is 1. The average Bonchev–Trinajstić information content (AvgIpc) is 3.31. The van der Waals surface area contributed by atoms with Crippen LogP contribution >= 0.6 is 11.3 Å². The number of esters is 1. The molecular weight excluding hydrogens is 527 g/mol. The van der Waals surface area contributed by atoms with Crippen molar-refractivity contribution in [3.8, 4) is 16.3 Å². The number of aromatic nitrogens is 1. The Hall–Kier alpha value is -2.26. The number of carbonyl (C=O) groups is 2. The van der Waals surface area contributed by atoms with E-state index in [2.05, 4.69) is 49.6 Å². The minimum Gasteiger partial charge on any atom is -0.465 e. The third kappa shape index (κ3) is 8.64. The lowest BCUT2D eigenvalue weighted by atomic mass is 10.0. The van der Waals surface area contributed by atoms with Crippen molar-refractivity contribution in [1.29, 1.82) is 0 Å². The number of thiazole rings is 1. The second-order valence-electron chi connectivity index (χ2n) is 11.4. The molecule has 0 fully saturated rings. The number of benzene rings is 1. The number of amides is 1. The molecule has 0 unspecified atom stereocenters. The lowest BCUT2D eigenvalue weighted by Crippen LogP contribution is -2.41. The first-order valence-electron chi connectivity index (χ1n) is 12.4. The molecule has 0 saturated carbocycles. The van der Waals surface area contributed by atoms with Gasteiger partial charge in [0.1, 0.15) is 17.5 Å². The maximum absolute atomic E-state index is 13.4. The summed E-state index contributed by atoms with van der Waals surface area (Å²) in [7, 11) is -1.11. The highest BCUT2D eigenvalue weighted by molar-refractivity contribution is 7.13. The molecule has 0 atom stereocenters. The summed E-state index contributed by atoms with van der Waals surface area (Å²) in [4.78, 5) is 31.4. The lowest BCUT2D eigenvalue weighted by Gasteiger charge is -2.31. The van der Waals surface area contributed by atoms with Crippen LogP contribution in [0.25, 0.3) is 10.6 Å². The zero-order valence-electron chi connectivity index (χ0n) is 22.9. The molecule has 0 radical (unpaired) electrons. The number of hydrogen-bond acceptors (Lipinski definition) is 9. The Morgan fingerprint density at radius 1 is 1.08 bits per heavy atom. The van der Waals surface area contributed by atoms with E-state index in [0.29, 0.717) is 47.5 Å². The quantitative estimate of drug-likeness (QED) is 0.149. The Kier molecular flexibility index (Phi) is 9.92.